The maximum atomic E-state index is 12.5. The number of benzene rings is 1. The van der Waals surface area contributed by atoms with E-state index in [1.54, 1.807) is 24.4 Å². The zero-order valence-corrected chi connectivity index (χ0v) is 17.1. The lowest BCUT2D eigenvalue weighted by molar-refractivity contribution is -0.122. The van der Waals surface area contributed by atoms with Gasteiger partial charge in [-0.15, -0.1) is 15.7 Å². The summed E-state index contributed by atoms with van der Waals surface area (Å²) in [4.78, 5) is 14.4. The highest BCUT2D eigenvalue weighted by atomic mass is 79.9. The number of sulfonamides is 1. The molecule has 0 N–H and O–H groups in total. The molecule has 25 heavy (non-hydrogen) atoms. The summed E-state index contributed by atoms with van der Waals surface area (Å²) in [6, 6.07) is 10.7. The minimum atomic E-state index is -3.81. The Morgan fingerprint density at radius 3 is 2.56 bits per heavy atom. The molecule has 0 unspecified atom stereocenters. The molecule has 0 atom stereocenters. The fraction of sp³-hybridized carbons (Fsp3) is 0.125. The van der Waals surface area contributed by atoms with E-state index in [-0.39, 0.29) is 15.3 Å². The highest BCUT2D eigenvalue weighted by molar-refractivity contribution is 9.10. The normalized spacial score (nSPS) is 18.5. The highest BCUT2D eigenvalue weighted by Gasteiger charge is 2.34. The standard InChI is InChI=1S/C16H13BrN2O3S3/c1-2-19-15(20)13(10-11-5-7-12(17)8-6-11)24-16(19)18-25(21,22)14-4-3-9-23-14/h3-10H,2H2,1H3/b13-10-,18-16+. The van der Waals surface area contributed by atoms with Gasteiger partial charge in [0.05, 0.1) is 4.91 Å². The molecule has 0 saturated carbocycles. The van der Waals surface area contributed by atoms with Crippen molar-refractivity contribution in [3.63, 3.8) is 0 Å². The Hall–Kier alpha value is -1.42. The first-order chi connectivity index (χ1) is 11.9. The van der Waals surface area contributed by atoms with Gasteiger partial charge >= 0.3 is 0 Å². The van der Waals surface area contributed by atoms with Gasteiger partial charge in [-0.3, -0.25) is 9.69 Å². The van der Waals surface area contributed by atoms with Crippen LogP contribution < -0.4 is 0 Å². The van der Waals surface area contributed by atoms with Gasteiger partial charge in [-0.2, -0.15) is 8.42 Å². The lowest BCUT2D eigenvalue weighted by Crippen LogP contribution is -2.29. The predicted molar refractivity (Wildman–Crippen MR) is 106 cm³/mol. The van der Waals surface area contributed by atoms with E-state index in [1.165, 1.54) is 11.0 Å². The molecule has 0 bridgehead atoms. The van der Waals surface area contributed by atoms with E-state index in [9.17, 15) is 13.2 Å². The summed E-state index contributed by atoms with van der Waals surface area (Å²) in [6.07, 6.45) is 1.74. The Bertz CT molecular complexity index is 949. The minimum Gasteiger partial charge on any atom is -0.286 e. The van der Waals surface area contributed by atoms with Crippen LogP contribution in [0.4, 0.5) is 0 Å². The SMILES string of the molecule is CCN1C(=O)/C(=C/c2ccc(Br)cc2)S/C1=N/S(=O)(=O)c1cccs1. The second-order valence-electron chi connectivity index (χ2n) is 4.99. The molecule has 3 rings (SSSR count). The molecule has 0 spiro atoms. The maximum Gasteiger partial charge on any atom is 0.294 e. The topological polar surface area (TPSA) is 66.8 Å². The predicted octanol–water partition coefficient (Wildman–Crippen LogP) is 4.19. The third kappa shape index (κ3) is 4.05. The largest absolute Gasteiger partial charge is 0.294 e. The molecule has 1 amide bonds. The van der Waals surface area contributed by atoms with E-state index in [2.05, 4.69) is 20.3 Å². The number of halogens is 1. The van der Waals surface area contributed by atoms with Crippen molar-refractivity contribution < 1.29 is 13.2 Å². The molecule has 1 aliphatic heterocycles. The van der Waals surface area contributed by atoms with Gasteiger partial charge in [0.25, 0.3) is 15.9 Å². The molecule has 9 heteroatoms. The van der Waals surface area contributed by atoms with Crippen molar-refractivity contribution in [2.45, 2.75) is 11.1 Å². The number of amidine groups is 1. The van der Waals surface area contributed by atoms with Crippen LogP contribution in [0.25, 0.3) is 6.08 Å². The molecule has 130 valence electrons. The molecular formula is C16H13BrN2O3S3. The third-order valence-electron chi connectivity index (χ3n) is 3.32. The van der Waals surface area contributed by atoms with Crippen molar-refractivity contribution in [3.05, 3.63) is 56.7 Å². The molecule has 1 saturated heterocycles. The Balaban J connectivity index is 1.95. The molecule has 2 aromatic rings. The molecule has 2 heterocycles. The monoisotopic (exact) mass is 456 g/mol. The van der Waals surface area contributed by atoms with E-state index in [4.69, 9.17) is 0 Å². The lowest BCUT2D eigenvalue weighted by atomic mass is 10.2. The number of hydrogen-bond acceptors (Lipinski definition) is 5. The molecule has 0 aliphatic carbocycles. The van der Waals surface area contributed by atoms with Crippen molar-refractivity contribution in [2.24, 2.45) is 4.40 Å². The Morgan fingerprint density at radius 2 is 1.96 bits per heavy atom. The van der Waals surface area contributed by atoms with Gasteiger partial charge in [0, 0.05) is 11.0 Å². The number of thioether (sulfide) groups is 1. The summed E-state index contributed by atoms with van der Waals surface area (Å²) in [5.74, 6) is -0.240. The summed E-state index contributed by atoms with van der Waals surface area (Å²) in [5.41, 5.74) is 0.859. The van der Waals surface area contributed by atoms with Crippen molar-refractivity contribution in [3.8, 4) is 0 Å². The molecule has 5 nitrogen and oxygen atoms in total. The van der Waals surface area contributed by atoms with Crippen LogP contribution in [-0.4, -0.2) is 30.9 Å². The Labute approximate surface area is 162 Å². The van der Waals surface area contributed by atoms with E-state index in [0.29, 0.717) is 11.4 Å². The summed E-state index contributed by atoms with van der Waals surface area (Å²) < 4.78 is 29.7. The summed E-state index contributed by atoms with van der Waals surface area (Å²) in [6.45, 7) is 2.14. The number of rotatable bonds is 4. The number of likely N-dealkylation sites (N-methyl/N-ethyl adjacent to an activating group) is 1. The number of amides is 1. The highest BCUT2D eigenvalue weighted by Crippen LogP contribution is 2.34. The fourth-order valence-corrected chi connectivity index (χ4v) is 5.60. The second-order valence-corrected chi connectivity index (χ2v) is 9.70. The van der Waals surface area contributed by atoms with Crippen LogP contribution in [0, 0.1) is 0 Å². The fourth-order valence-electron chi connectivity index (χ4n) is 2.12. The van der Waals surface area contributed by atoms with Crippen molar-refractivity contribution in [1.82, 2.24) is 4.90 Å². The van der Waals surface area contributed by atoms with E-state index < -0.39 is 10.0 Å². The molecule has 0 radical (unpaired) electrons. The number of hydrogen-bond donors (Lipinski definition) is 0. The van der Waals surface area contributed by atoms with Gasteiger partial charge < -0.3 is 0 Å². The van der Waals surface area contributed by atoms with Gasteiger partial charge in [0.15, 0.2) is 5.17 Å². The van der Waals surface area contributed by atoms with Gasteiger partial charge in [0.1, 0.15) is 4.21 Å². The van der Waals surface area contributed by atoms with Crippen LogP contribution in [0.2, 0.25) is 0 Å². The zero-order chi connectivity index (χ0) is 18.0. The summed E-state index contributed by atoms with van der Waals surface area (Å²) >= 11 is 5.54. The van der Waals surface area contributed by atoms with Crippen molar-refractivity contribution in [2.75, 3.05) is 6.54 Å². The summed E-state index contributed by atoms with van der Waals surface area (Å²) in [7, 11) is -3.81. The first-order valence-electron chi connectivity index (χ1n) is 7.26. The van der Waals surface area contributed by atoms with Gasteiger partial charge in [-0.25, -0.2) is 0 Å². The molecular weight excluding hydrogens is 444 g/mol. The lowest BCUT2D eigenvalue weighted by Gasteiger charge is -2.11. The van der Waals surface area contributed by atoms with Gasteiger partial charge in [-0.05, 0) is 53.9 Å². The number of thiophene rings is 1. The number of nitrogens with zero attached hydrogens (tertiary/aromatic N) is 2. The van der Waals surface area contributed by atoms with Crippen LogP contribution in [0.5, 0.6) is 0 Å². The number of carbonyl (C=O) groups is 1. The van der Waals surface area contributed by atoms with E-state index in [0.717, 1.165) is 33.1 Å². The summed E-state index contributed by atoms with van der Waals surface area (Å²) in [5, 5.41) is 1.86. The quantitative estimate of drug-likeness (QED) is 0.646. The van der Waals surface area contributed by atoms with Gasteiger partial charge in [0.2, 0.25) is 0 Å². The Morgan fingerprint density at radius 1 is 1.24 bits per heavy atom. The second kappa shape index (κ2) is 7.45. The molecule has 1 fully saturated rings. The van der Waals surface area contributed by atoms with Gasteiger partial charge in [-0.1, -0.05) is 34.1 Å². The first kappa shape index (κ1) is 18.4. The average molecular weight is 457 g/mol. The van der Waals surface area contributed by atoms with Crippen molar-refractivity contribution in [1.29, 1.82) is 0 Å². The Kier molecular flexibility index (Phi) is 5.47. The maximum absolute atomic E-state index is 12.5. The smallest absolute Gasteiger partial charge is 0.286 e. The van der Waals surface area contributed by atoms with Crippen molar-refractivity contribution >= 4 is 66.2 Å². The molecule has 1 aliphatic rings. The third-order valence-corrected chi connectivity index (χ3v) is 7.61. The zero-order valence-electron chi connectivity index (χ0n) is 13.0. The molecule has 1 aromatic carbocycles. The van der Waals surface area contributed by atoms with E-state index >= 15 is 0 Å². The number of carbonyl (C=O) groups excluding carboxylic acids is 1. The van der Waals surface area contributed by atoms with Crippen LogP contribution in [0.1, 0.15) is 12.5 Å². The van der Waals surface area contributed by atoms with Crippen LogP contribution in [-0.2, 0) is 14.8 Å². The molecule has 1 aromatic heterocycles. The van der Waals surface area contributed by atoms with E-state index in [1.807, 2.05) is 24.3 Å². The van der Waals surface area contributed by atoms with Crippen LogP contribution in [0.15, 0.2) is 59.8 Å². The minimum absolute atomic E-state index is 0.162. The van der Waals surface area contributed by atoms with Crippen LogP contribution >= 0.6 is 39.0 Å². The van der Waals surface area contributed by atoms with Crippen LogP contribution in [0.3, 0.4) is 0 Å². The first-order valence-corrected chi connectivity index (χ1v) is 11.2. The average Bonchev–Trinajstić information content (AvgIpc) is 3.19.